The number of pyridine rings is 1. The maximum atomic E-state index is 14.3. The fourth-order valence-corrected chi connectivity index (χ4v) is 8.15. The number of carboxylic acids is 1. The van der Waals surface area contributed by atoms with Crippen LogP contribution in [-0.4, -0.2) is 108 Å². The molecule has 358 valence electrons. The number of halogens is 2. The predicted molar refractivity (Wildman–Crippen MR) is 262 cm³/mol. The van der Waals surface area contributed by atoms with Gasteiger partial charge in [0.2, 0.25) is 0 Å². The topological polar surface area (TPSA) is 230 Å². The number of nitrogens with zero attached hydrogens (tertiary/aromatic N) is 10. The van der Waals surface area contributed by atoms with Crippen molar-refractivity contribution < 1.29 is 33.2 Å². The largest absolute Gasteiger partial charge is 0.489 e. The van der Waals surface area contributed by atoms with E-state index in [0.29, 0.717) is 58.8 Å². The first-order valence-corrected chi connectivity index (χ1v) is 23.1. The van der Waals surface area contributed by atoms with Gasteiger partial charge in [-0.1, -0.05) is 34.1 Å². The van der Waals surface area contributed by atoms with E-state index in [1.54, 1.807) is 43.4 Å². The Kier molecular flexibility index (Phi) is 15.6. The monoisotopic (exact) mass is 1000 g/mol. The molecule has 0 radical (unpaired) electrons. The van der Waals surface area contributed by atoms with Crippen molar-refractivity contribution in [3.8, 4) is 39.8 Å². The number of likely N-dealkylation sites (N-methyl/N-ethyl adjacent to an activating group) is 1. The number of nitrogen functional groups attached to an aromatic ring is 2. The van der Waals surface area contributed by atoms with Crippen molar-refractivity contribution in [1.29, 1.82) is 0 Å². The normalized spacial score (nSPS) is 14.2. The molecular formula is C49H52BrFN12O6. The van der Waals surface area contributed by atoms with Gasteiger partial charge in [0.15, 0.2) is 11.3 Å². The quantitative estimate of drug-likeness (QED) is 0.110. The first-order chi connectivity index (χ1) is 33.4. The van der Waals surface area contributed by atoms with Crippen molar-refractivity contribution in [1.82, 2.24) is 49.4 Å². The summed E-state index contributed by atoms with van der Waals surface area (Å²) in [6, 6.07) is 24.0. The van der Waals surface area contributed by atoms with Crippen molar-refractivity contribution in [3.05, 3.63) is 119 Å². The first kappa shape index (κ1) is 48.3. The van der Waals surface area contributed by atoms with Gasteiger partial charge in [-0.3, -0.25) is 14.7 Å². The van der Waals surface area contributed by atoms with Gasteiger partial charge in [-0.05, 0) is 89.2 Å². The number of carboxylic acid groups (broad SMARTS) is 1. The van der Waals surface area contributed by atoms with Gasteiger partial charge in [0, 0.05) is 77.7 Å². The standard InChI is InChI=1S/C29H27FN6O3.C16H16BrN5O.C4H9NO2/c1-18-2-3-19(15-32-18)16-38-24-12-21(30)13-25(14-24)39-23-6-4-20(5-7-23)27-26-28(31)33-17-34-29(26)36(35-27)22-8-10-37-11-9-22;17-11-3-1-10(2-4-11)14-13-15(18)19-9-20-16(13)22(21-14)12-5-7-23-8-6-12;1-5(2)3-4(6)7/h2-7,12-15,17,22H,8-11,16H2,1H3,(H2,31,33,34);1-4,9,12H,5-8H2,(H2,18,19,20);3H2,1-2H3,(H,6,7). The van der Waals surface area contributed by atoms with Crippen LogP contribution in [0.25, 0.3) is 44.6 Å². The Morgan fingerprint density at radius 3 is 1.74 bits per heavy atom. The van der Waals surface area contributed by atoms with Crippen LogP contribution in [0, 0.1) is 12.7 Å². The lowest BCUT2D eigenvalue weighted by atomic mass is 10.1. The molecule has 10 rings (SSSR count). The average molecular weight is 1000 g/mol. The minimum absolute atomic E-state index is 0.111. The summed E-state index contributed by atoms with van der Waals surface area (Å²) in [4.78, 5) is 32.9. The number of nitrogens with two attached hydrogens (primary N) is 2. The molecule has 0 saturated carbocycles. The number of fused-ring (bicyclic) bond motifs is 2. The molecule has 5 N–H and O–H groups in total. The molecule has 0 atom stereocenters. The molecule has 7 heterocycles. The van der Waals surface area contributed by atoms with Crippen LogP contribution in [0.4, 0.5) is 16.0 Å². The zero-order chi connectivity index (χ0) is 48.4. The summed E-state index contributed by atoms with van der Waals surface area (Å²) >= 11 is 3.46. The lowest BCUT2D eigenvalue weighted by Crippen LogP contribution is -2.20. The van der Waals surface area contributed by atoms with Gasteiger partial charge in [0.25, 0.3) is 0 Å². The number of hydrogen-bond acceptors (Lipinski definition) is 15. The highest BCUT2D eigenvalue weighted by Gasteiger charge is 2.25. The number of carbonyl (C=O) groups is 1. The van der Waals surface area contributed by atoms with Crippen LogP contribution >= 0.6 is 15.9 Å². The highest BCUT2D eigenvalue weighted by molar-refractivity contribution is 9.10. The van der Waals surface area contributed by atoms with E-state index in [1.807, 2.05) is 64.8 Å². The Labute approximate surface area is 405 Å². The van der Waals surface area contributed by atoms with E-state index < -0.39 is 11.8 Å². The van der Waals surface area contributed by atoms with Crippen LogP contribution in [0.2, 0.25) is 0 Å². The van der Waals surface area contributed by atoms with Crippen molar-refractivity contribution >= 4 is 55.6 Å². The fourth-order valence-electron chi connectivity index (χ4n) is 7.89. The van der Waals surface area contributed by atoms with Crippen LogP contribution in [0.5, 0.6) is 17.2 Å². The molecule has 69 heavy (non-hydrogen) atoms. The van der Waals surface area contributed by atoms with Crippen molar-refractivity contribution in [2.24, 2.45) is 0 Å². The molecule has 8 aromatic rings. The van der Waals surface area contributed by atoms with E-state index >= 15 is 0 Å². The van der Waals surface area contributed by atoms with E-state index in [-0.39, 0.29) is 25.2 Å². The molecule has 0 aliphatic carbocycles. The second-order valence-electron chi connectivity index (χ2n) is 16.7. The fraction of sp³-hybridized carbons (Fsp3) is 0.306. The summed E-state index contributed by atoms with van der Waals surface area (Å²) in [5, 5.41) is 19.3. The Bertz CT molecular complexity index is 3000. The van der Waals surface area contributed by atoms with E-state index in [1.165, 1.54) is 24.8 Å². The third-order valence-corrected chi connectivity index (χ3v) is 11.8. The molecular weight excluding hydrogens is 952 g/mol. The second-order valence-corrected chi connectivity index (χ2v) is 17.6. The van der Waals surface area contributed by atoms with Crippen molar-refractivity contribution in [2.45, 2.75) is 51.3 Å². The molecule has 2 aliphatic heterocycles. The van der Waals surface area contributed by atoms with Crippen LogP contribution in [0.3, 0.4) is 0 Å². The SMILES string of the molecule is CN(C)CC(=O)O.Cc1ccc(COc2cc(F)cc(Oc3ccc(-c4nn(C5CCOCC5)c5ncnc(N)c45)cc3)c2)cn1.Nc1ncnc2c1c(-c1ccc(Br)cc1)nn2C1CCOCC1. The molecule has 0 unspecified atom stereocenters. The smallest absolute Gasteiger partial charge is 0.317 e. The molecule has 5 aromatic heterocycles. The molecule has 0 bridgehead atoms. The van der Waals surface area contributed by atoms with Gasteiger partial charge in [-0.25, -0.2) is 33.7 Å². The number of anilines is 2. The maximum absolute atomic E-state index is 14.3. The lowest BCUT2D eigenvalue weighted by Gasteiger charge is -2.22. The van der Waals surface area contributed by atoms with Gasteiger partial charge >= 0.3 is 5.97 Å². The number of aromatic nitrogens is 9. The minimum atomic E-state index is -0.787. The molecule has 2 fully saturated rings. The summed E-state index contributed by atoms with van der Waals surface area (Å²) in [6.07, 6.45) is 8.28. The Morgan fingerprint density at radius 2 is 1.26 bits per heavy atom. The number of ether oxygens (including phenoxy) is 4. The summed E-state index contributed by atoms with van der Waals surface area (Å²) in [6.45, 7) is 5.17. The number of hydrogen-bond donors (Lipinski definition) is 3. The van der Waals surface area contributed by atoms with E-state index in [0.717, 1.165) is 82.5 Å². The van der Waals surface area contributed by atoms with Gasteiger partial charge in [-0.2, -0.15) is 10.2 Å². The number of benzene rings is 3. The molecule has 3 aromatic carbocycles. The molecule has 0 amide bonds. The van der Waals surface area contributed by atoms with Crippen LogP contribution in [0.1, 0.15) is 49.0 Å². The average Bonchev–Trinajstić information content (AvgIpc) is 3.94. The van der Waals surface area contributed by atoms with Crippen LogP contribution in [-0.2, 0) is 20.9 Å². The third-order valence-electron chi connectivity index (χ3n) is 11.3. The lowest BCUT2D eigenvalue weighted by molar-refractivity contribution is -0.137. The molecule has 18 nitrogen and oxygen atoms in total. The predicted octanol–water partition coefficient (Wildman–Crippen LogP) is 8.46. The van der Waals surface area contributed by atoms with E-state index in [2.05, 4.69) is 40.8 Å². The molecule has 0 spiro atoms. The maximum Gasteiger partial charge on any atom is 0.317 e. The van der Waals surface area contributed by atoms with Gasteiger partial charge < -0.3 is 35.5 Å². The van der Waals surface area contributed by atoms with Gasteiger partial charge in [0.05, 0.1) is 29.4 Å². The number of aryl methyl sites for hydroxylation is 1. The minimum Gasteiger partial charge on any atom is -0.489 e. The highest BCUT2D eigenvalue weighted by Crippen LogP contribution is 2.37. The first-order valence-electron chi connectivity index (χ1n) is 22.3. The van der Waals surface area contributed by atoms with Crippen LogP contribution in [0.15, 0.2) is 102 Å². The zero-order valence-corrected chi connectivity index (χ0v) is 39.9. The summed E-state index contributed by atoms with van der Waals surface area (Å²) < 4.78 is 42.0. The second kappa shape index (κ2) is 22.3. The highest BCUT2D eigenvalue weighted by atomic mass is 79.9. The van der Waals surface area contributed by atoms with E-state index in [9.17, 15) is 9.18 Å². The Balaban J connectivity index is 0.000000180. The van der Waals surface area contributed by atoms with Crippen molar-refractivity contribution in [3.63, 3.8) is 0 Å². The molecule has 2 aliphatic rings. The Morgan fingerprint density at radius 1 is 0.739 bits per heavy atom. The number of aliphatic carboxylic acids is 1. The van der Waals surface area contributed by atoms with E-state index in [4.69, 9.17) is 45.7 Å². The van der Waals surface area contributed by atoms with Crippen LogP contribution < -0.4 is 20.9 Å². The zero-order valence-electron chi connectivity index (χ0n) is 38.3. The van der Waals surface area contributed by atoms with Gasteiger partial charge in [-0.15, -0.1) is 0 Å². The van der Waals surface area contributed by atoms with Gasteiger partial charge in [0.1, 0.15) is 65.4 Å². The Hall–Kier alpha value is -7.13. The number of rotatable bonds is 11. The summed E-state index contributed by atoms with van der Waals surface area (Å²) in [5.41, 5.74) is 19.1. The van der Waals surface area contributed by atoms with Crippen molar-refractivity contribution in [2.75, 3.05) is 58.5 Å². The summed E-state index contributed by atoms with van der Waals surface area (Å²) in [7, 11) is 3.43. The third kappa shape index (κ3) is 12.1. The molecule has 20 heteroatoms. The summed E-state index contributed by atoms with van der Waals surface area (Å²) in [5.74, 6) is 0.824. The molecule has 2 saturated heterocycles.